The molecule has 0 saturated carbocycles. The highest BCUT2D eigenvalue weighted by Gasteiger charge is 2.17. The average Bonchev–Trinajstić information content (AvgIpc) is 2.64. The molecule has 1 saturated heterocycles. The molecule has 3 rings (SSSR count). The first kappa shape index (κ1) is 24.4. The molecule has 3 N–H and O–H groups in total. The number of hydrogen-bond donors (Lipinski definition) is 2. The maximum atomic E-state index is 12.3. The molecule has 6 heteroatoms. The fourth-order valence-corrected chi connectivity index (χ4v) is 3.58. The Bertz CT molecular complexity index is 709. The number of carbonyl (C=O) groups excluding carboxylic acids is 1. The fourth-order valence-electron chi connectivity index (χ4n) is 3.58. The SMILES string of the molecule is CC1CCCN(Cc2ccc(NC(=O)C(N)Cc3ccccc3)cc2)C1.Cl.Cl. The van der Waals surface area contributed by atoms with Crippen molar-refractivity contribution in [3.05, 3.63) is 65.7 Å². The second kappa shape index (κ2) is 12.1. The molecule has 2 aromatic carbocycles. The van der Waals surface area contributed by atoms with Gasteiger partial charge in [0.1, 0.15) is 0 Å². The van der Waals surface area contributed by atoms with E-state index < -0.39 is 6.04 Å². The van der Waals surface area contributed by atoms with Gasteiger partial charge >= 0.3 is 0 Å². The van der Waals surface area contributed by atoms with Gasteiger partial charge in [0.2, 0.25) is 5.91 Å². The van der Waals surface area contributed by atoms with Crippen LogP contribution in [0.15, 0.2) is 54.6 Å². The highest BCUT2D eigenvalue weighted by atomic mass is 35.5. The number of carbonyl (C=O) groups is 1. The number of piperidine rings is 1. The van der Waals surface area contributed by atoms with Crippen molar-refractivity contribution < 1.29 is 4.79 Å². The molecule has 1 fully saturated rings. The van der Waals surface area contributed by atoms with Gasteiger partial charge < -0.3 is 11.1 Å². The first-order valence-corrected chi connectivity index (χ1v) is 9.52. The topological polar surface area (TPSA) is 58.4 Å². The van der Waals surface area contributed by atoms with Crippen LogP contribution in [-0.4, -0.2) is 29.9 Å². The standard InChI is InChI=1S/C22H29N3O.2ClH/c1-17-6-5-13-25(15-17)16-19-9-11-20(12-10-19)24-22(26)21(23)14-18-7-3-2-4-8-18;;/h2-4,7-12,17,21H,5-6,13-16,23H2,1H3,(H,24,26);2*1H. The third-order valence-electron chi connectivity index (χ3n) is 5.00. The molecule has 1 aliphatic rings. The van der Waals surface area contributed by atoms with Crippen LogP contribution in [-0.2, 0) is 17.8 Å². The minimum atomic E-state index is -0.549. The zero-order valence-corrected chi connectivity index (χ0v) is 18.0. The zero-order valence-electron chi connectivity index (χ0n) is 16.3. The number of nitrogens with zero attached hydrogens (tertiary/aromatic N) is 1. The van der Waals surface area contributed by atoms with E-state index in [1.54, 1.807) is 0 Å². The van der Waals surface area contributed by atoms with Gasteiger partial charge in [0.25, 0.3) is 0 Å². The highest BCUT2D eigenvalue weighted by Crippen LogP contribution is 2.19. The molecule has 0 spiro atoms. The van der Waals surface area contributed by atoms with Crippen LogP contribution in [0.25, 0.3) is 0 Å². The van der Waals surface area contributed by atoms with Crippen LogP contribution < -0.4 is 11.1 Å². The Kier molecular flexibility index (Phi) is 10.5. The number of anilines is 1. The van der Waals surface area contributed by atoms with E-state index >= 15 is 0 Å². The Morgan fingerprint density at radius 2 is 1.79 bits per heavy atom. The Hall–Kier alpha value is -1.59. The molecule has 28 heavy (non-hydrogen) atoms. The Balaban J connectivity index is 0.00000196. The van der Waals surface area contributed by atoms with E-state index in [4.69, 9.17) is 5.73 Å². The molecule has 4 nitrogen and oxygen atoms in total. The van der Waals surface area contributed by atoms with Crippen molar-refractivity contribution in [2.75, 3.05) is 18.4 Å². The van der Waals surface area contributed by atoms with Crippen molar-refractivity contribution >= 4 is 36.4 Å². The Labute approximate surface area is 180 Å². The lowest BCUT2D eigenvalue weighted by Gasteiger charge is -2.30. The van der Waals surface area contributed by atoms with Gasteiger partial charge in [0.05, 0.1) is 6.04 Å². The van der Waals surface area contributed by atoms with Gasteiger partial charge in [-0.2, -0.15) is 0 Å². The van der Waals surface area contributed by atoms with Gasteiger partial charge in [-0.1, -0.05) is 49.4 Å². The molecule has 0 radical (unpaired) electrons. The Morgan fingerprint density at radius 1 is 1.11 bits per heavy atom. The summed E-state index contributed by atoms with van der Waals surface area (Å²) >= 11 is 0. The largest absolute Gasteiger partial charge is 0.325 e. The summed E-state index contributed by atoms with van der Waals surface area (Å²) in [7, 11) is 0. The summed E-state index contributed by atoms with van der Waals surface area (Å²) in [5.74, 6) is 0.639. The van der Waals surface area contributed by atoms with Gasteiger partial charge in [0.15, 0.2) is 0 Å². The summed E-state index contributed by atoms with van der Waals surface area (Å²) in [6.07, 6.45) is 3.16. The maximum Gasteiger partial charge on any atom is 0.241 e. The van der Waals surface area contributed by atoms with Gasteiger partial charge in [-0.25, -0.2) is 0 Å². The minimum Gasteiger partial charge on any atom is -0.325 e. The first-order valence-electron chi connectivity index (χ1n) is 9.52. The van der Waals surface area contributed by atoms with Crippen LogP contribution in [0.5, 0.6) is 0 Å². The molecule has 0 aliphatic carbocycles. The lowest BCUT2D eigenvalue weighted by atomic mass is 10.00. The number of nitrogens with two attached hydrogens (primary N) is 1. The van der Waals surface area contributed by atoms with Crippen molar-refractivity contribution in [1.82, 2.24) is 4.90 Å². The summed E-state index contributed by atoms with van der Waals surface area (Å²) in [6, 6.07) is 17.4. The molecule has 0 bridgehead atoms. The van der Waals surface area contributed by atoms with Crippen molar-refractivity contribution in [1.29, 1.82) is 0 Å². The molecule has 0 aromatic heterocycles. The van der Waals surface area contributed by atoms with E-state index in [2.05, 4.69) is 29.3 Å². The smallest absolute Gasteiger partial charge is 0.241 e. The van der Waals surface area contributed by atoms with E-state index in [9.17, 15) is 4.79 Å². The van der Waals surface area contributed by atoms with Gasteiger partial charge in [-0.3, -0.25) is 9.69 Å². The predicted molar refractivity (Wildman–Crippen MR) is 121 cm³/mol. The van der Waals surface area contributed by atoms with E-state index in [0.717, 1.165) is 23.7 Å². The number of amides is 1. The monoisotopic (exact) mass is 423 g/mol. The van der Waals surface area contributed by atoms with E-state index in [1.165, 1.54) is 31.5 Å². The number of nitrogens with one attached hydrogen (secondary N) is 1. The first-order chi connectivity index (χ1) is 12.6. The second-order valence-electron chi connectivity index (χ2n) is 7.46. The van der Waals surface area contributed by atoms with E-state index in [0.29, 0.717) is 6.42 Å². The van der Waals surface area contributed by atoms with Crippen molar-refractivity contribution in [2.24, 2.45) is 11.7 Å². The second-order valence-corrected chi connectivity index (χ2v) is 7.46. The Morgan fingerprint density at radius 3 is 2.43 bits per heavy atom. The van der Waals surface area contributed by atoms with Crippen LogP contribution in [0.1, 0.15) is 30.9 Å². The van der Waals surface area contributed by atoms with Crippen molar-refractivity contribution in [3.63, 3.8) is 0 Å². The van der Waals surface area contributed by atoms with Crippen molar-refractivity contribution in [2.45, 2.75) is 38.8 Å². The zero-order chi connectivity index (χ0) is 18.4. The van der Waals surface area contributed by atoms with Crippen LogP contribution in [0.3, 0.4) is 0 Å². The van der Waals surface area contributed by atoms with E-state index in [-0.39, 0.29) is 30.7 Å². The number of hydrogen-bond acceptors (Lipinski definition) is 3. The van der Waals surface area contributed by atoms with Gasteiger partial charge in [-0.15, -0.1) is 24.8 Å². The summed E-state index contributed by atoms with van der Waals surface area (Å²) in [4.78, 5) is 14.8. The number of halogens is 2. The molecule has 2 unspecified atom stereocenters. The number of rotatable bonds is 6. The molecular weight excluding hydrogens is 393 g/mol. The quantitative estimate of drug-likeness (QED) is 0.728. The van der Waals surface area contributed by atoms with Crippen LogP contribution in [0, 0.1) is 5.92 Å². The average molecular weight is 424 g/mol. The molecule has 1 heterocycles. The number of benzene rings is 2. The molecule has 1 aliphatic heterocycles. The summed E-state index contributed by atoms with van der Waals surface area (Å²) in [5.41, 5.74) is 9.20. The summed E-state index contributed by atoms with van der Waals surface area (Å²) in [5, 5.41) is 2.92. The lowest BCUT2D eigenvalue weighted by molar-refractivity contribution is -0.117. The molecule has 154 valence electrons. The minimum absolute atomic E-state index is 0. The molecule has 2 aromatic rings. The van der Waals surface area contributed by atoms with Gasteiger partial charge in [0, 0.05) is 18.8 Å². The van der Waals surface area contributed by atoms with Crippen LogP contribution in [0.4, 0.5) is 5.69 Å². The summed E-state index contributed by atoms with van der Waals surface area (Å²) < 4.78 is 0. The van der Waals surface area contributed by atoms with Crippen molar-refractivity contribution in [3.8, 4) is 0 Å². The molecule has 2 atom stereocenters. The lowest BCUT2D eigenvalue weighted by Crippen LogP contribution is -2.37. The molecular formula is C22H31Cl2N3O. The molecule has 1 amide bonds. The van der Waals surface area contributed by atoms with E-state index in [1.807, 2.05) is 42.5 Å². The normalized spacial score (nSPS) is 17.7. The van der Waals surface area contributed by atoms with Gasteiger partial charge in [-0.05, 0) is 55.0 Å². The predicted octanol–water partition coefficient (Wildman–Crippen LogP) is 4.27. The maximum absolute atomic E-state index is 12.3. The fraction of sp³-hybridized carbons (Fsp3) is 0.409. The third kappa shape index (κ3) is 7.44. The van der Waals surface area contributed by atoms with Crippen LogP contribution >= 0.6 is 24.8 Å². The third-order valence-corrected chi connectivity index (χ3v) is 5.00. The highest BCUT2D eigenvalue weighted by molar-refractivity contribution is 5.94. The summed E-state index contributed by atoms with van der Waals surface area (Å²) in [6.45, 7) is 5.65. The van der Waals surface area contributed by atoms with Crippen LogP contribution in [0.2, 0.25) is 0 Å². The number of likely N-dealkylation sites (tertiary alicyclic amines) is 1.